The minimum absolute atomic E-state index is 0.0657. The van der Waals surface area contributed by atoms with E-state index in [1.54, 1.807) is 0 Å². The van der Waals surface area contributed by atoms with Gasteiger partial charge in [-0.3, -0.25) is 0 Å². The quantitative estimate of drug-likeness (QED) is 0.652. The van der Waals surface area contributed by atoms with E-state index in [-0.39, 0.29) is 12.5 Å². The van der Waals surface area contributed by atoms with E-state index in [9.17, 15) is 8.42 Å². The van der Waals surface area contributed by atoms with Gasteiger partial charge in [-0.2, -0.15) is 12.7 Å². The lowest BCUT2D eigenvalue weighted by Gasteiger charge is -2.36. The van der Waals surface area contributed by atoms with E-state index < -0.39 is 10.2 Å². The van der Waals surface area contributed by atoms with Crippen LogP contribution in [-0.2, 0) is 10.2 Å². The maximum Gasteiger partial charge on any atom is 0.279 e. The standard InChI is InChI=1S/C8H18N2O3S/c1-7(2)3-9-14(12,13)10-4-8(5-10)6-11/h7-9,11H,3-6H2,1-2H3. The van der Waals surface area contributed by atoms with Crippen molar-refractivity contribution in [3.05, 3.63) is 0 Å². The van der Waals surface area contributed by atoms with Gasteiger partial charge in [0.2, 0.25) is 0 Å². The predicted molar refractivity (Wildman–Crippen MR) is 53.9 cm³/mol. The van der Waals surface area contributed by atoms with Gasteiger partial charge < -0.3 is 5.11 Å². The van der Waals surface area contributed by atoms with Crippen molar-refractivity contribution < 1.29 is 13.5 Å². The maximum atomic E-state index is 11.5. The Hall–Kier alpha value is -0.170. The number of aliphatic hydroxyl groups is 1. The molecule has 2 N–H and O–H groups in total. The van der Waals surface area contributed by atoms with Gasteiger partial charge >= 0.3 is 0 Å². The summed E-state index contributed by atoms with van der Waals surface area (Å²) in [5.74, 6) is 0.422. The molecule has 0 aromatic rings. The highest BCUT2D eigenvalue weighted by Gasteiger charge is 2.34. The van der Waals surface area contributed by atoms with Crippen molar-refractivity contribution >= 4 is 10.2 Å². The molecule has 6 heteroatoms. The van der Waals surface area contributed by atoms with Crippen molar-refractivity contribution in [1.82, 2.24) is 9.03 Å². The first-order valence-corrected chi connectivity index (χ1v) is 6.25. The lowest BCUT2D eigenvalue weighted by molar-refractivity contribution is 0.116. The van der Waals surface area contributed by atoms with Crippen LogP contribution in [0.5, 0.6) is 0 Å². The van der Waals surface area contributed by atoms with E-state index in [2.05, 4.69) is 4.72 Å². The molecule has 0 radical (unpaired) electrons. The second kappa shape index (κ2) is 4.57. The SMILES string of the molecule is CC(C)CNS(=O)(=O)N1CC(CO)C1. The molecule has 0 aliphatic carbocycles. The van der Waals surface area contributed by atoms with Crippen LogP contribution in [0.1, 0.15) is 13.8 Å². The molecular formula is C8H18N2O3S. The summed E-state index contributed by atoms with van der Waals surface area (Å²) < 4.78 is 26.9. The smallest absolute Gasteiger partial charge is 0.279 e. The molecule has 0 unspecified atom stereocenters. The zero-order valence-electron chi connectivity index (χ0n) is 8.60. The van der Waals surface area contributed by atoms with Crippen molar-refractivity contribution in [3.63, 3.8) is 0 Å². The van der Waals surface area contributed by atoms with E-state index in [0.717, 1.165) is 0 Å². The van der Waals surface area contributed by atoms with E-state index in [4.69, 9.17) is 5.11 Å². The Morgan fingerprint density at radius 3 is 2.50 bits per heavy atom. The summed E-state index contributed by atoms with van der Waals surface area (Å²) in [5, 5.41) is 8.75. The first kappa shape index (κ1) is 11.9. The van der Waals surface area contributed by atoms with Gasteiger partial charge in [-0.15, -0.1) is 0 Å². The summed E-state index contributed by atoms with van der Waals surface area (Å²) in [7, 11) is -3.29. The number of nitrogens with one attached hydrogen (secondary N) is 1. The minimum Gasteiger partial charge on any atom is -0.396 e. The third-order valence-electron chi connectivity index (χ3n) is 2.20. The van der Waals surface area contributed by atoms with E-state index in [0.29, 0.717) is 25.6 Å². The van der Waals surface area contributed by atoms with Crippen LogP contribution >= 0.6 is 0 Å². The summed E-state index contributed by atoms with van der Waals surface area (Å²) in [6, 6.07) is 0. The predicted octanol–water partition coefficient (Wildman–Crippen LogP) is -0.599. The monoisotopic (exact) mass is 222 g/mol. The Bertz CT molecular complexity index is 270. The topological polar surface area (TPSA) is 69.6 Å². The Morgan fingerprint density at radius 1 is 1.50 bits per heavy atom. The first-order valence-electron chi connectivity index (χ1n) is 4.81. The molecule has 1 rings (SSSR count). The first-order chi connectivity index (χ1) is 6.45. The molecule has 0 spiro atoms. The number of hydrogen-bond donors (Lipinski definition) is 2. The lowest BCUT2D eigenvalue weighted by Crippen LogP contribution is -2.55. The van der Waals surface area contributed by atoms with Crippen LogP contribution in [0.3, 0.4) is 0 Å². The average molecular weight is 222 g/mol. The fourth-order valence-electron chi connectivity index (χ4n) is 1.20. The summed E-state index contributed by atoms with van der Waals surface area (Å²) in [4.78, 5) is 0. The molecule has 0 bridgehead atoms. The molecule has 0 aromatic heterocycles. The molecule has 1 aliphatic heterocycles. The molecule has 0 saturated carbocycles. The minimum atomic E-state index is -3.29. The van der Waals surface area contributed by atoms with E-state index >= 15 is 0 Å². The number of rotatable bonds is 5. The maximum absolute atomic E-state index is 11.5. The van der Waals surface area contributed by atoms with Crippen LogP contribution in [0.25, 0.3) is 0 Å². The molecule has 84 valence electrons. The highest BCUT2D eigenvalue weighted by Crippen LogP contribution is 2.17. The third-order valence-corrected chi connectivity index (χ3v) is 3.71. The second-order valence-corrected chi connectivity index (χ2v) is 5.87. The molecule has 0 aromatic carbocycles. The summed E-state index contributed by atoms with van der Waals surface area (Å²) in [6.07, 6.45) is 0. The van der Waals surface area contributed by atoms with E-state index in [1.165, 1.54) is 4.31 Å². The normalized spacial score (nSPS) is 20.0. The van der Waals surface area contributed by atoms with Gasteiger partial charge in [-0.1, -0.05) is 13.8 Å². The van der Waals surface area contributed by atoms with Gasteiger partial charge in [-0.25, -0.2) is 4.72 Å². The van der Waals surface area contributed by atoms with Crippen molar-refractivity contribution in [2.75, 3.05) is 26.2 Å². The van der Waals surface area contributed by atoms with Crippen molar-refractivity contribution in [3.8, 4) is 0 Å². The highest BCUT2D eigenvalue weighted by molar-refractivity contribution is 7.87. The van der Waals surface area contributed by atoms with Gasteiger partial charge in [-0.05, 0) is 5.92 Å². The number of nitrogens with zero attached hydrogens (tertiary/aromatic N) is 1. The second-order valence-electron chi connectivity index (χ2n) is 4.11. The molecule has 1 saturated heterocycles. The number of aliphatic hydroxyl groups excluding tert-OH is 1. The molecule has 0 atom stereocenters. The summed E-state index contributed by atoms with van der Waals surface area (Å²) >= 11 is 0. The van der Waals surface area contributed by atoms with Crippen LogP contribution in [0.4, 0.5) is 0 Å². The van der Waals surface area contributed by atoms with Gasteiger partial charge in [0.15, 0.2) is 0 Å². The summed E-state index contributed by atoms with van der Waals surface area (Å²) in [6.45, 7) is 5.30. The van der Waals surface area contributed by atoms with Crippen LogP contribution in [0, 0.1) is 11.8 Å². The fraction of sp³-hybridized carbons (Fsp3) is 1.00. The zero-order chi connectivity index (χ0) is 10.8. The van der Waals surface area contributed by atoms with E-state index in [1.807, 2.05) is 13.8 Å². The summed E-state index contributed by atoms with van der Waals surface area (Å²) in [5.41, 5.74) is 0. The average Bonchev–Trinajstić information content (AvgIpc) is 1.99. The molecule has 0 amide bonds. The molecule has 14 heavy (non-hydrogen) atoms. The Balaban J connectivity index is 2.36. The lowest BCUT2D eigenvalue weighted by atomic mass is 10.1. The molecule has 1 heterocycles. The van der Waals surface area contributed by atoms with Crippen LogP contribution in [-0.4, -0.2) is 44.1 Å². The van der Waals surface area contributed by atoms with Crippen molar-refractivity contribution in [1.29, 1.82) is 0 Å². The molecule has 5 nitrogen and oxygen atoms in total. The Labute approximate surface area is 85.3 Å². The fourth-order valence-corrected chi connectivity index (χ4v) is 2.74. The van der Waals surface area contributed by atoms with Gasteiger partial charge in [0, 0.05) is 32.2 Å². The van der Waals surface area contributed by atoms with Gasteiger partial charge in [0.1, 0.15) is 0 Å². The van der Waals surface area contributed by atoms with Crippen molar-refractivity contribution in [2.24, 2.45) is 11.8 Å². The Kier molecular flexibility index (Phi) is 3.88. The molecule has 1 aliphatic rings. The Morgan fingerprint density at radius 2 is 2.07 bits per heavy atom. The van der Waals surface area contributed by atoms with Crippen LogP contribution in [0.15, 0.2) is 0 Å². The third kappa shape index (κ3) is 2.91. The highest BCUT2D eigenvalue weighted by atomic mass is 32.2. The van der Waals surface area contributed by atoms with Gasteiger partial charge in [0.25, 0.3) is 10.2 Å². The number of hydrogen-bond acceptors (Lipinski definition) is 3. The van der Waals surface area contributed by atoms with Gasteiger partial charge in [0.05, 0.1) is 0 Å². The van der Waals surface area contributed by atoms with Crippen LogP contribution < -0.4 is 4.72 Å². The van der Waals surface area contributed by atoms with Crippen LogP contribution in [0.2, 0.25) is 0 Å². The molecule has 1 fully saturated rings. The largest absolute Gasteiger partial charge is 0.396 e. The van der Waals surface area contributed by atoms with Crippen molar-refractivity contribution in [2.45, 2.75) is 13.8 Å². The zero-order valence-corrected chi connectivity index (χ0v) is 9.42. The molecular weight excluding hydrogens is 204 g/mol.